The quantitative estimate of drug-likeness (QED) is 0.233. The second-order valence-corrected chi connectivity index (χ2v) is 7.84. The van der Waals surface area contributed by atoms with Crippen molar-refractivity contribution in [2.75, 3.05) is 24.6 Å². The second kappa shape index (κ2) is 10.6. The number of benzene rings is 2. The predicted molar refractivity (Wildman–Crippen MR) is 119 cm³/mol. The fourth-order valence-corrected chi connectivity index (χ4v) is 3.64. The van der Waals surface area contributed by atoms with Crippen molar-refractivity contribution in [2.45, 2.75) is 24.2 Å². The Hall–Kier alpha value is -2.93. The fourth-order valence-electron chi connectivity index (χ4n) is 2.91. The van der Waals surface area contributed by atoms with E-state index in [9.17, 15) is 9.59 Å². The Labute approximate surface area is 174 Å². The lowest BCUT2D eigenvalue weighted by Crippen LogP contribution is -2.27. The van der Waals surface area contributed by atoms with Crippen molar-refractivity contribution in [1.82, 2.24) is 15.6 Å². The molecule has 0 unspecified atom stereocenters. The van der Waals surface area contributed by atoms with Crippen molar-refractivity contribution in [3.05, 3.63) is 60.3 Å². The van der Waals surface area contributed by atoms with Gasteiger partial charge in [-0.25, -0.2) is 0 Å². The number of nitrogen functional groups attached to an aromatic ring is 1. The van der Waals surface area contributed by atoms with E-state index in [4.69, 9.17) is 5.73 Å². The average molecular weight is 411 g/mol. The molecule has 0 atom stereocenters. The first-order valence-electron chi connectivity index (χ1n) is 9.73. The summed E-state index contributed by atoms with van der Waals surface area (Å²) < 4.78 is 0. The van der Waals surface area contributed by atoms with Gasteiger partial charge in [-0.2, -0.15) is 0 Å². The van der Waals surface area contributed by atoms with Gasteiger partial charge < -0.3 is 21.4 Å². The molecular weight excluding hydrogens is 384 g/mol. The highest BCUT2D eigenvalue weighted by Crippen LogP contribution is 2.18. The summed E-state index contributed by atoms with van der Waals surface area (Å²) in [7, 11) is 0. The number of hydrogen-bond donors (Lipinski definition) is 4. The van der Waals surface area contributed by atoms with Crippen LogP contribution in [0.2, 0.25) is 0 Å². The third kappa shape index (κ3) is 6.57. The lowest BCUT2D eigenvalue weighted by molar-refractivity contribution is -0.118. The monoisotopic (exact) mass is 410 g/mol. The Bertz CT molecular complexity index is 920. The number of aromatic amines is 1. The van der Waals surface area contributed by atoms with Crippen LogP contribution in [0.15, 0.2) is 59.5 Å². The molecule has 0 aliphatic carbocycles. The molecular formula is C22H26N4O2S. The first-order valence-corrected chi connectivity index (χ1v) is 10.7. The molecule has 0 bridgehead atoms. The first kappa shape index (κ1) is 20.8. The minimum atomic E-state index is -0.0887. The molecule has 7 heteroatoms. The lowest BCUT2D eigenvalue weighted by Gasteiger charge is -2.06. The summed E-state index contributed by atoms with van der Waals surface area (Å²) in [5.74, 6) is 0.331. The van der Waals surface area contributed by atoms with E-state index in [2.05, 4.69) is 15.6 Å². The summed E-state index contributed by atoms with van der Waals surface area (Å²) in [5, 5.41) is 6.89. The van der Waals surface area contributed by atoms with E-state index < -0.39 is 0 Å². The highest BCUT2D eigenvalue weighted by molar-refractivity contribution is 8.00. The van der Waals surface area contributed by atoms with Gasteiger partial charge in [-0.1, -0.05) is 18.2 Å². The predicted octanol–water partition coefficient (Wildman–Crippen LogP) is 3.56. The molecule has 0 aliphatic rings. The molecule has 0 aliphatic heterocycles. The number of amides is 2. The van der Waals surface area contributed by atoms with Crippen LogP contribution in [0.1, 0.15) is 29.8 Å². The van der Waals surface area contributed by atoms with Crippen LogP contribution < -0.4 is 16.4 Å². The van der Waals surface area contributed by atoms with Gasteiger partial charge in [-0.15, -0.1) is 11.8 Å². The van der Waals surface area contributed by atoms with Crippen LogP contribution in [0.25, 0.3) is 10.9 Å². The van der Waals surface area contributed by atoms with Crippen LogP contribution in [0, 0.1) is 0 Å². The summed E-state index contributed by atoms with van der Waals surface area (Å²) in [6, 6.07) is 17.2. The summed E-state index contributed by atoms with van der Waals surface area (Å²) in [4.78, 5) is 28.2. The van der Waals surface area contributed by atoms with Crippen LogP contribution >= 0.6 is 11.8 Å². The number of nitrogens with one attached hydrogen (secondary N) is 3. The van der Waals surface area contributed by atoms with Crippen LogP contribution in [0.3, 0.4) is 0 Å². The van der Waals surface area contributed by atoms with Gasteiger partial charge in [0.1, 0.15) is 5.69 Å². The Morgan fingerprint density at radius 2 is 1.66 bits per heavy atom. The molecule has 1 aromatic heterocycles. The van der Waals surface area contributed by atoms with Gasteiger partial charge in [-0.3, -0.25) is 9.59 Å². The van der Waals surface area contributed by atoms with Crippen molar-refractivity contribution in [3.63, 3.8) is 0 Å². The normalized spacial score (nSPS) is 10.8. The van der Waals surface area contributed by atoms with Crippen LogP contribution in [-0.4, -0.2) is 35.6 Å². The van der Waals surface area contributed by atoms with E-state index in [1.165, 1.54) is 11.8 Å². The van der Waals surface area contributed by atoms with Crippen molar-refractivity contribution >= 4 is 40.2 Å². The van der Waals surface area contributed by atoms with Crippen LogP contribution in [0.5, 0.6) is 0 Å². The lowest BCUT2D eigenvalue weighted by atomic mass is 10.2. The highest BCUT2D eigenvalue weighted by Gasteiger charge is 2.08. The highest BCUT2D eigenvalue weighted by atomic mass is 32.2. The molecule has 5 N–H and O–H groups in total. The van der Waals surface area contributed by atoms with E-state index in [1.807, 2.05) is 54.6 Å². The SMILES string of the molecule is Nc1ccc(SCC(=O)NCCCCCNC(=O)c2cc3ccccc3[nH]2)cc1. The number of aromatic nitrogens is 1. The van der Waals surface area contributed by atoms with Crippen molar-refractivity contribution in [2.24, 2.45) is 0 Å². The number of para-hydroxylation sites is 1. The standard InChI is InChI=1S/C22H26N4O2S/c23-17-8-10-18(11-9-17)29-15-21(27)24-12-4-1-5-13-25-22(28)20-14-16-6-2-3-7-19(16)26-20/h2-3,6-11,14,26H,1,4-5,12-13,15,23H2,(H,24,27)(H,25,28). The summed E-state index contributed by atoms with van der Waals surface area (Å²) in [6.45, 7) is 1.27. The summed E-state index contributed by atoms with van der Waals surface area (Å²) in [6.07, 6.45) is 2.71. The zero-order chi connectivity index (χ0) is 20.5. The molecule has 0 radical (unpaired) electrons. The number of carbonyl (C=O) groups is 2. The fraction of sp³-hybridized carbons (Fsp3) is 0.273. The van der Waals surface area contributed by atoms with Gasteiger partial charge in [0.05, 0.1) is 5.75 Å². The number of nitrogens with two attached hydrogens (primary N) is 1. The maximum absolute atomic E-state index is 12.2. The number of rotatable bonds is 10. The topological polar surface area (TPSA) is 100 Å². The van der Waals surface area contributed by atoms with Crippen molar-refractivity contribution < 1.29 is 9.59 Å². The Morgan fingerprint density at radius 1 is 0.931 bits per heavy atom. The minimum absolute atomic E-state index is 0.0268. The molecule has 29 heavy (non-hydrogen) atoms. The Balaban J connectivity index is 1.24. The van der Waals surface area contributed by atoms with Crippen molar-refractivity contribution in [1.29, 1.82) is 0 Å². The summed E-state index contributed by atoms with van der Waals surface area (Å²) >= 11 is 1.49. The summed E-state index contributed by atoms with van der Waals surface area (Å²) in [5.41, 5.74) is 7.91. The Kier molecular flexibility index (Phi) is 7.58. The number of fused-ring (bicyclic) bond motifs is 1. The van der Waals surface area contributed by atoms with Gasteiger partial charge >= 0.3 is 0 Å². The zero-order valence-corrected chi connectivity index (χ0v) is 17.1. The molecule has 152 valence electrons. The number of carbonyl (C=O) groups excluding carboxylic acids is 2. The van der Waals surface area contributed by atoms with Gasteiger partial charge in [0.15, 0.2) is 0 Å². The minimum Gasteiger partial charge on any atom is -0.399 e. The molecule has 0 saturated heterocycles. The van der Waals surface area contributed by atoms with Crippen molar-refractivity contribution in [3.8, 4) is 0 Å². The molecule has 6 nitrogen and oxygen atoms in total. The number of hydrogen-bond acceptors (Lipinski definition) is 4. The van der Waals surface area contributed by atoms with E-state index in [0.29, 0.717) is 24.5 Å². The number of thioether (sulfide) groups is 1. The second-order valence-electron chi connectivity index (χ2n) is 6.79. The van der Waals surface area contributed by atoms with E-state index >= 15 is 0 Å². The molecule has 3 rings (SSSR count). The van der Waals surface area contributed by atoms with Crippen LogP contribution in [-0.2, 0) is 4.79 Å². The molecule has 0 fully saturated rings. The van der Waals surface area contributed by atoms with E-state index in [1.54, 1.807) is 0 Å². The van der Waals surface area contributed by atoms with Gasteiger partial charge in [0.25, 0.3) is 5.91 Å². The maximum atomic E-state index is 12.2. The largest absolute Gasteiger partial charge is 0.399 e. The van der Waals surface area contributed by atoms with Gasteiger partial charge in [-0.05, 0) is 55.7 Å². The molecule has 0 spiro atoms. The first-order chi connectivity index (χ1) is 14.1. The van der Waals surface area contributed by atoms with E-state index in [-0.39, 0.29) is 11.8 Å². The smallest absolute Gasteiger partial charge is 0.267 e. The zero-order valence-electron chi connectivity index (χ0n) is 16.2. The number of anilines is 1. The number of H-pyrrole nitrogens is 1. The molecule has 2 amide bonds. The van der Waals surface area contributed by atoms with Gasteiger partial charge in [0.2, 0.25) is 5.91 Å². The molecule has 3 aromatic rings. The average Bonchev–Trinajstić information content (AvgIpc) is 3.17. The molecule has 1 heterocycles. The van der Waals surface area contributed by atoms with Gasteiger partial charge in [0, 0.05) is 34.6 Å². The number of unbranched alkanes of at least 4 members (excludes halogenated alkanes) is 2. The molecule has 0 saturated carbocycles. The third-order valence-electron chi connectivity index (χ3n) is 4.49. The third-order valence-corrected chi connectivity index (χ3v) is 5.50. The maximum Gasteiger partial charge on any atom is 0.267 e. The Morgan fingerprint density at radius 3 is 2.41 bits per heavy atom. The van der Waals surface area contributed by atoms with Crippen LogP contribution in [0.4, 0.5) is 5.69 Å². The van der Waals surface area contributed by atoms with E-state index in [0.717, 1.165) is 40.7 Å². The molecule has 2 aromatic carbocycles.